The summed E-state index contributed by atoms with van der Waals surface area (Å²) in [5.41, 5.74) is 11.4. The van der Waals surface area contributed by atoms with Gasteiger partial charge in [-0.2, -0.15) is 5.10 Å². The minimum Gasteiger partial charge on any atom is -0.383 e. The van der Waals surface area contributed by atoms with Crippen LogP contribution in [0.25, 0.3) is 16.9 Å². The van der Waals surface area contributed by atoms with Crippen LogP contribution in [0.15, 0.2) is 53.0 Å². The van der Waals surface area contributed by atoms with Crippen molar-refractivity contribution in [1.82, 2.24) is 9.78 Å². The number of para-hydroxylation sites is 1. The zero-order valence-electron chi connectivity index (χ0n) is 12.0. The smallest absolute Gasteiger partial charge is 0.130 e. The predicted octanol–water partition coefficient (Wildman–Crippen LogP) is 4.50. The number of anilines is 1. The van der Waals surface area contributed by atoms with E-state index < -0.39 is 0 Å². The summed E-state index contributed by atoms with van der Waals surface area (Å²) in [6.45, 7) is 4.08. The first-order valence-corrected chi connectivity index (χ1v) is 7.54. The number of aryl methyl sites for hydroxylation is 1. The Morgan fingerprint density at radius 3 is 2.48 bits per heavy atom. The third kappa shape index (κ3) is 2.47. The van der Waals surface area contributed by atoms with Gasteiger partial charge < -0.3 is 5.73 Å². The highest BCUT2D eigenvalue weighted by Crippen LogP contribution is 2.33. The van der Waals surface area contributed by atoms with Crippen LogP contribution in [0.2, 0.25) is 0 Å². The minimum atomic E-state index is 0.671. The second-order valence-electron chi connectivity index (χ2n) is 5.09. The molecule has 0 saturated heterocycles. The summed E-state index contributed by atoms with van der Waals surface area (Å²) in [6.07, 6.45) is 0. The Labute approximate surface area is 132 Å². The molecule has 3 nitrogen and oxygen atoms in total. The van der Waals surface area contributed by atoms with Gasteiger partial charge in [-0.15, -0.1) is 0 Å². The van der Waals surface area contributed by atoms with Gasteiger partial charge in [0.05, 0.1) is 11.4 Å². The molecule has 106 valence electrons. The number of aromatic nitrogens is 2. The number of halogens is 1. The fourth-order valence-electron chi connectivity index (χ4n) is 2.35. The van der Waals surface area contributed by atoms with Crippen molar-refractivity contribution >= 4 is 21.7 Å². The molecule has 2 N–H and O–H groups in total. The second-order valence-corrected chi connectivity index (χ2v) is 5.94. The van der Waals surface area contributed by atoms with Crippen LogP contribution in [0.3, 0.4) is 0 Å². The minimum absolute atomic E-state index is 0.671. The van der Waals surface area contributed by atoms with E-state index in [1.54, 1.807) is 4.68 Å². The van der Waals surface area contributed by atoms with Crippen molar-refractivity contribution in [2.75, 3.05) is 5.73 Å². The van der Waals surface area contributed by atoms with Crippen molar-refractivity contribution in [1.29, 1.82) is 0 Å². The van der Waals surface area contributed by atoms with E-state index in [1.807, 2.05) is 43.3 Å². The van der Waals surface area contributed by atoms with E-state index in [9.17, 15) is 0 Å². The normalized spacial score (nSPS) is 10.8. The molecule has 3 rings (SSSR count). The van der Waals surface area contributed by atoms with Crippen molar-refractivity contribution in [3.8, 4) is 16.9 Å². The fourth-order valence-corrected chi connectivity index (χ4v) is 2.79. The largest absolute Gasteiger partial charge is 0.383 e. The van der Waals surface area contributed by atoms with Crippen LogP contribution in [0.5, 0.6) is 0 Å². The van der Waals surface area contributed by atoms with Crippen LogP contribution >= 0.6 is 15.9 Å². The molecule has 0 aliphatic heterocycles. The lowest BCUT2D eigenvalue weighted by atomic mass is 10.1. The molecule has 3 aromatic rings. The quantitative estimate of drug-likeness (QED) is 0.745. The third-order valence-electron chi connectivity index (χ3n) is 3.55. The van der Waals surface area contributed by atoms with Gasteiger partial charge in [-0.05, 0) is 38.1 Å². The number of rotatable bonds is 2. The lowest BCUT2D eigenvalue weighted by Crippen LogP contribution is -2.01. The van der Waals surface area contributed by atoms with Crippen LogP contribution < -0.4 is 5.73 Å². The van der Waals surface area contributed by atoms with Gasteiger partial charge in [0.15, 0.2) is 0 Å². The zero-order valence-corrected chi connectivity index (χ0v) is 13.6. The highest BCUT2D eigenvalue weighted by atomic mass is 79.9. The number of hydrogen-bond donors (Lipinski definition) is 1. The highest BCUT2D eigenvalue weighted by Gasteiger charge is 2.16. The van der Waals surface area contributed by atoms with E-state index in [1.165, 1.54) is 5.56 Å². The Hall–Kier alpha value is -2.07. The summed E-state index contributed by atoms with van der Waals surface area (Å²) in [5.74, 6) is 0.671. The van der Waals surface area contributed by atoms with E-state index >= 15 is 0 Å². The van der Waals surface area contributed by atoms with E-state index in [-0.39, 0.29) is 0 Å². The molecule has 0 radical (unpaired) electrons. The van der Waals surface area contributed by atoms with Crippen LogP contribution in [-0.4, -0.2) is 9.78 Å². The van der Waals surface area contributed by atoms with Gasteiger partial charge in [-0.3, -0.25) is 0 Å². The first-order chi connectivity index (χ1) is 10.1. The van der Waals surface area contributed by atoms with Gasteiger partial charge in [0, 0.05) is 15.6 Å². The Balaban J connectivity index is 2.20. The van der Waals surface area contributed by atoms with Crippen LogP contribution in [-0.2, 0) is 0 Å². The SMILES string of the molecule is Cc1ccc(Br)c(-c2nn(-c3ccccc3)c(N)c2C)c1. The molecule has 1 heterocycles. The molecule has 0 spiro atoms. The van der Waals surface area contributed by atoms with E-state index in [0.29, 0.717) is 5.82 Å². The molecule has 0 saturated carbocycles. The number of nitrogen functional groups attached to an aromatic ring is 1. The Bertz CT molecular complexity index is 791. The lowest BCUT2D eigenvalue weighted by molar-refractivity contribution is 0.895. The summed E-state index contributed by atoms with van der Waals surface area (Å²) in [5, 5.41) is 4.71. The number of nitrogens with two attached hydrogens (primary N) is 1. The summed E-state index contributed by atoms with van der Waals surface area (Å²) in [4.78, 5) is 0. The predicted molar refractivity (Wildman–Crippen MR) is 90.6 cm³/mol. The average molecular weight is 342 g/mol. The zero-order chi connectivity index (χ0) is 15.0. The summed E-state index contributed by atoms with van der Waals surface area (Å²) in [6, 6.07) is 16.2. The first kappa shape index (κ1) is 13.9. The second kappa shape index (κ2) is 5.37. The molecular formula is C17H16BrN3. The number of benzene rings is 2. The first-order valence-electron chi connectivity index (χ1n) is 6.75. The highest BCUT2D eigenvalue weighted by molar-refractivity contribution is 9.10. The molecule has 1 aromatic heterocycles. The number of nitrogens with zero attached hydrogens (tertiary/aromatic N) is 2. The Kier molecular flexibility index (Phi) is 3.55. The molecule has 2 aromatic carbocycles. The van der Waals surface area contributed by atoms with E-state index in [2.05, 4.69) is 35.0 Å². The van der Waals surface area contributed by atoms with Crippen molar-refractivity contribution in [3.63, 3.8) is 0 Å². The fraction of sp³-hybridized carbons (Fsp3) is 0.118. The van der Waals surface area contributed by atoms with Crippen molar-refractivity contribution in [2.45, 2.75) is 13.8 Å². The van der Waals surface area contributed by atoms with Crippen molar-refractivity contribution in [2.24, 2.45) is 0 Å². The summed E-state index contributed by atoms with van der Waals surface area (Å²) < 4.78 is 2.81. The molecule has 0 fully saturated rings. The Morgan fingerprint density at radius 1 is 1.05 bits per heavy atom. The standard InChI is InChI=1S/C17H16BrN3/c1-11-8-9-15(18)14(10-11)16-12(2)17(19)21(20-16)13-6-4-3-5-7-13/h3-10H,19H2,1-2H3. The van der Waals surface area contributed by atoms with Crippen molar-refractivity contribution in [3.05, 3.63) is 64.1 Å². The summed E-state index contributed by atoms with van der Waals surface area (Å²) >= 11 is 3.60. The van der Waals surface area contributed by atoms with Gasteiger partial charge in [-0.1, -0.05) is 45.8 Å². The maximum Gasteiger partial charge on any atom is 0.130 e. The molecule has 0 amide bonds. The average Bonchev–Trinajstić information content (AvgIpc) is 2.79. The van der Waals surface area contributed by atoms with E-state index in [0.717, 1.165) is 27.0 Å². The molecule has 4 heteroatoms. The molecule has 0 aliphatic carbocycles. The monoisotopic (exact) mass is 341 g/mol. The molecule has 0 aliphatic rings. The third-order valence-corrected chi connectivity index (χ3v) is 4.24. The lowest BCUT2D eigenvalue weighted by Gasteiger charge is -2.04. The maximum atomic E-state index is 6.25. The van der Waals surface area contributed by atoms with Gasteiger partial charge >= 0.3 is 0 Å². The molecular weight excluding hydrogens is 326 g/mol. The van der Waals surface area contributed by atoms with Crippen LogP contribution in [0.4, 0.5) is 5.82 Å². The van der Waals surface area contributed by atoms with Gasteiger partial charge in [0.1, 0.15) is 5.82 Å². The molecule has 21 heavy (non-hydrogen) atoms. The van der Waals surface area contributed by atoms with Crippen LogP contribution in [0, 0.1) is 13.8 Å². The van der Waals surface area contributed by atoms with Crippen molar-refractivity contribution < 1.29 is 0 Å². The van der Waals surface area contributed by atoms with Gasteiger partial charge in [0.2, 0.25) is 0 Å². The Morgan fingerprint density at radius 2 is 1.76 bits per heavy atom. The van der Waals surface area contributed by atoms with Gasteiger partial charge in [0.25, 0.3) is 0 Å². The topological polar surface area (TPSA) is 43.8 Å². The van der Waals surface area contributed by atoms with Gasteiger partial charge in [-0.25, -0.2) is 4.68 Å². The van der Waals surface area contributed by atoms with Crippen LogP contribution in [0.1, 0.15) is 11.1 Å². The van der Waals surface area contributed by atoms with E-state index in [4.69, 9.17) is 10.8 Å². The molecule has 0 atom stereocenters. The maximum absolute atomic E-state index is 6.25. The molecule has 0 bridgehead atoms. The summed E-state index contributed by atoms with van der Waals surface area (Å²) in [7, 11) is 0. The number of hydrogen-bond acceptors (Lipinski definition) is 2. The molecule has 0 unspecified atom stereocenters.